The van der Waals surface area contributed by atoms with Crippen molar-refractivity contribution in [2.45, 2.75) is 26.0 Å². The molecule has 2 rings (SSSR count). The number of carbonyl (C=O) groups excluding carboxylic acids is 1. The Morgan fingerprint density at radius 3 is 2.63 bits per heavy atom. The second-order valence-electron chi connectivity index (χ2n) is 4.71. The van der Waals surface area contributed by atoms with Crippen molar-refractivity contribution in [3.05, 3.63) is 35.9 Å². The monoisotopic (exact) mass is 263 g/mol. The first-order valence-corrected chi connectivity index (χ1v) is 6.29. The van der Waals surface area contributed by atoms with Gasteiger partial charge in [-0.2, -0.15) is 0 Å². The Morgan fingerprint density at radius 2 is 2.05 bits per heavy atom. The maximum absolute atomic E-state index is 11.9. The summed E-state index contributed by atoms with van der Waals surface area (Å²) in [6.45, 7) is 2.39. The minimum absolute atomic E-state index is 0.209. The van der Waals surface area contributed by atoms with E-state index < -0.39 is 18.0 Å². The number of benzene rings is 1. The van der Waals surface area contributed by atoms with Gasteiger partial charge in [-0.1, -0.05) is 30.3 Å². The number of hydrogen-bond acceptors (Lipinski definition) is 3. The van der Waals surface area contributed by atoms with Crippen molar-refractivity contribution in [2.24, 2.45) is 5.92 Å². The molecule has 1 heterocycles. The van der Waals surface area contributed by atoms with Crippen LogP contribution < -0.4 is 0 Å². The van der Waals surface area contributed by atoms with Crippen molar-refractivity contribution in [2.75, 3.05) is 6.54 Å². The van der Waals surface area contributed by atoms with Crippen molar-refractivity contribution in [3.63, 3.8) is 0 Å². The van der Waals surface area contributed by atoms with Gasteiger partial charge in [-0.15, -0.1) is 0 Å². The number of carboxylic acids is 1. The Hall–Kier alpha value is -2.04. The molecule has 1 fully saturated rings. The third-order valence-corrected chi connectivity index (χ3v) is 3.51. The van der Waals surface area contributed by atoms with E-state index in [0.29, 0.717) is 13.0 Å². The lowest BCUT2D eigenvalue weighted by molar-refractivity contribution is -0.142. The molecule has 0 aliphatic carbocycles. The van der Waals surface area contributed by atoms with Gasteiger partial charge in [-0.3, -0.25) is 4.79 Å². The van der Waals surface area contributed by atoms with Crippen LogP contribution >= 0.6 is 0 Å². The van der Waals surface area contributed by atoms with Crippen molar-refractivity contribution < 1.29 is 19.4 Å². The number of carboxylic acid groups (broad SMARTS) is 1. The molecule has 0 aromatic heterocycles. The summed E-state index contributed by atoms with van der Waals surface area (Å²) in [6.07, 6.45) is 0.0387. The van der Waals surface area contributed by atoms with Crippen LogP contribution in [0.3, 0.4) is 0 Å². The predicted octanol–water partition coefficient (Wildman–Crippen LogP) is 2.12. The van der Waals surface area contributed by atoms with E-state index in [0.717, 1.165) is 5.56 Å². The van der Waals surface area contributed by atoms with Crippen molar-refractivity contribution >= 4 is 12.1 Å². The number of aliphatic carboxylic acids is 1. The topological polar surface area (TPSA) is 66.8 Å². The van der Waals surface area contributed by atoms with Crippen molar-refractivity contribution in [1.29, 1.82) is 0 Å². The SMILES string of the molecule is C[C@H]1[C@@H](C(=O)O)CCN1C(=O)OCc1ccccc1. The third-order valence-electron chi connectivity index (χ3n) is 3.51. The van der Waals surface area contributed by atoms with Gasteiger partial charge in [0.1, 0.15) is 6.61 Å². The van der Waals surface area contributed by atoms with Crippen molar-refractivity contribution in [3.8, 4) is 0 Å². The van der Waals surface area contributed by atoms with E-state index in [2.05, 4.69) is 0 Å². The molecular weight excluding hydrogens is 246 g/mol. The first-order chi connectivity index (χ1) is 9.09. The van der Waals surface area contributed by atoms with Crippen LogP contribution in [0.25, 0.3) is 0 Å². The average Bonchev–Trinajstić information content (AvgIpc) is 2.79. The predicted molar refractivity (Wildman–Crippen MR) is 68.5 cm³/mol. The van der Waals surface area contributed by atoms with Crippen LogP contribution in [0.2, 0.25) is 0 Å². The van der Waals surface area contributed by atoms with E-state index >= 15 is 0 Å². The summed E-state index contributed by atoms with van der Waals surface area (Å²) in [4.78, 5) is 24.4. The Bertz CT molecular complexity index is 460. The number of carbonyl (C=O) groups is 2. The number of amides is 1. The molecule has 2 atom stereocenters. The van der Waals surface area contributed by atoms with E-state index in [4.69, 9.17) is 9.84 Å². The zero-order chi connectivity index (χ0) is 13.8. The fourth-order valence-electron chi connectivity index (χ4n) is 2.33. The largest absolute Gasteiger partial charge is 0.481 e. The van der Waals surface area contributed by atoms with Gasteiger partial charge in [0.05, 0.1) is 5.92 Å². The zero-order valence-electron chi connectivity index (χ0n) is 10.8. The van der Waals surface area contributed by atoms with Crippen LogP contribution in [0.15, 0.2) is 30.3 Å². The Balaban J connectivity index is 1.89. The first-order valence-electron chi connectivity index (χ1n) is 6.29. The summed E-state index contributed by atoms with van der Waals surface area (Å²) < 4.78 is 5.20. The molecule has 19 heavy (non-hydrogen) atoms. The molecule has 102 valence electrons. The number of ether oxygens (including phenoxy) is 1. The molecule has 1 aliphatic rings. The Kier molecular flexibility index (Phi) is 4.04. The molecule has 0 radical (unpaired) electrons. The Morgan fingerprint density at radius 1 is 1.37 bits per heavy atom. The maximum atomic E-state index is 11.9. The quantitative estimate of drug-likeness (QED) is 0.907. The molecule has 1 N–H and O–H groups in total. The normalized spacial score (nSPS) is 22.3. The molecular formula is C14H17NO4. The van der Waals surface area contributed by atoms with Gasteiger partial charge in [-0.05, 0) is 18.9 Å². The molecule has 1 saturated heterocycles. The van der Waals surface area contributed by atoms with Gasteiger partial charge < -0.3 is 14.7 Å². The number of rotatable bonds is 3. The van der Waals surface area contributed by atoms with Gasteiger partial charge in [0.2, 0.25) is 0 Å². The van der Waals surface area contributed by atoms with Crippen LogP contribution in [0.1, 0.15) is 18.9 Å². The maximum Gasteiger partial charge on any atom is 0.410 e. The molecule has 5 heteroatoms. The number of nitrogens with zero attached hydrogens (tertiary/aromatic N) is 1. The molecule has 1 amide bonds. The number of hydrogen-bond donors (Lipinski definition) is 1. The lowest BCUT2D eigenvalue weighted by atomic mass is 10.0. The van der Waals surface area contributed by atoms with Crippen LogP contribution in [0.4, 0.5) is 4.79 Å². The molecule has 0 spiro atoms. The summed E-state index contributed by atoms with van der Waals surface area (Å²) in [7, 11) is 0. The van der Waals surface area contributed by atoms with E-state index in [1.807, 2.05) is 30.3 Å². The molecule has 1 aliphatic heterocycles. The fraction of sp³-hybridized carbons (Fsp3) is 0.429. The van der Waals surface area contributed by atoms with Gasteiger partial charge in [0, 0.05) is 12.6 Å². The van der Waals surface area contributed by atoms with Gasteiger partial charge in [0.15, 0.2) is 0 Å². The highest BCUT2D eigenvalue weighted by molar-refractivity contribution is 5.75. The number of likely N-dealkylation sites (tertiary alicyclic amines) is 1. The molecule has 5 nitrogen and oxygen atoms in total. The van der Waals surface area contributed by atoms with Crippen LogP contribution in [-0.2, 0) is 16.1 Å². The Labute approximate surface area is 111 Å². The summed E-state index contributed by atoms with van der Waals surface area (Å²) in [6, 6.07) is 9.08. The van der Waals surface area contributed by atoms with E-state index in [-0.39, 0.29) is 12.6 Å². The minimum atomic E-state index is -0.856. The standard InChI is InChI=1S/C14H17NO4/c1-10-12(13(16)17)7-8-15(10)14(18)19-9-11-5-3-2-4-6-11/h2-6,10,12H,7-9H2,1H3,(H,16,17)/t10-,12-/m0/s1. The smallest absolute Gasteiger partial charge is 0.410 e. The minimum Gasteiger partial charge on any atom is -0.481 e. The highest BCUT2D eigenvalue weighted by Gasteiger charge is 2.38. The van der Waals surface area contributed by atoms with Crippen LogP contribution in [0, 0.1) is 5.92 Å². The van der Waals surface area contributed by atoms with Crippen LogP contribution in [-0.4, -0.2) is 34.7 Å². The first kappa shape index (κ1) is 13.4. The summed E-state index contributed by atoms with van der Waals surface area (Å²) in [5.41, 5.74) is 0.914. The third kappa shape index (κ3) is 3.05. The fourth-order valence-corrected chi connectivity index (χ4v) is 2.33. The highest BCUT2D eigenvalue weighted by atomic mass is 16.6. The highest BCUT2D eigenvalue weighted by Crippen LogP contribution is 2.25. The van der Waals surface area contributed by atoms with E-state index in [9.17, 15) is 9.59 Å². The molecule has 1 aromatic rings. The van der Waals surface area contributed by atoms with Gasteiger partial charge >= 0.3 is 12.1 Å². The van der Waals surface area contributed by atoms with E-state index in [1.165, 1.54) is 4.90 Å². The summed E-state index contributed by atoms with van der Waals surface area (Å²) >= 11 is 0. The molecule has 0 bridgehead atoms. The second kappa shape index (κ2) is 5.73. The van der Waals surface area contributed by atoms with Gasteiger partial charge in [0.25, 0.3) is 0 Å². The van der Waals surface area contributed by atoms with Crippen LogP contribution in [0.5, 0.6) is 0 Å². The van der Waals surface area contributed by atoms with E-state index in [1.54, 1.807) is 6.92 Å². The average molecular weight is 263 g/mol. The lowest BCUT2D eigenvalue weighted by Gasteiger charge is -2.22. The van der Waals surface area contributed by atoms with Gasteiger partial charge in [-0.25, -0.2) is 4.79 Å². The summed E-state index contributed by atoms with van der Waals surface area (Å²) in [5.74, 6) is -1.35. The lowest BCUT2D eigenvalue weighted by Crippen LogP contribution is -2.37. The summed E-state index contributed by atoms with van der Waals surface area (Å²) in [5, 5.41) is 9.01. The molecule has 0 saturated carbocycles. The second-order valence-corrected chi connectivity index (χ2v) is 4.71. The van der Waals surface area contributed by atoms with Crippen molar-refractivity contribution in [1.82, 2.24) is 4.90 Å². The zero-order valence-corrected chi connectivity index (χ0v) is 10.8. The molecule has 1 aromatic carbocycles. The molecule has 0 unspecified atom stereocenters.